The zero-order chi connectivity index (χ0) is 9.10. The maximum absolute atomic E-state index is 6.91. The lowest BCUT2D eigenvalue weighted by molar-refractivity contribution is 0.568. The maximum atomic E-state index is 6.91. The van der Waals surface area contributed by atoms with Crippen LogP contribution in [0.1, 0.15) is 37.1 Å². The monoisotopic (exact) mass is 179 g/mol. The van der Waals surface area contributed by atoms with E-state index in [1.165, 1.54) is 24.1 Å². The van der Waals surface area contributed by atoms with Gasteiger partial charge in [0.05, 0.1) is 11.4 Å². The van der Waals surface area contributed by atoms with Crippen LogP contribution >= 0.6 is 0 Å². The first-order valence-electron chi connectivity index (χ1n) is 4.73. The van der Waals surface area contributed by atoms with Crippen molar-refractivity contribution >= 4 is 0 Å². The van der Waals surface area contributed by atoms with E-state index in [4.69, 9.17) is 5.53 Å². The molecule has 1 aliphatic carbocycles. The molecular weight excluding hydrogens is 166 g/mol. The van der Waals surface area contributed by atoms with Gasteiger partial charge in [0.25, 0.3) is 0 Å². The molecule has 1 aromatic heterocycles. The molecule has 0 fully saturated rings. The summed E-state index contributed by atoms with van der Waals surface area (Å²) in [7, 11) is 0. The summed E-state index contributed by atoms with van der Waals surface area (Å²) >= 11 is 0. The van der Waals surface area contributed by atoms with E-state index in [2.05, 4.69) is 15.5 Å². The van der Waals surface area contributed by atoms with Gasteiger partial charge in [-0.05, 0) is 30.9 Å². The zero-order valence-corrected chi connectivity index (χ0v) is 7.53. The summed E-state index contributed by atoms with van der Waals surface area (Å²) in [6.45, 7) is 0. The van der Waals surface area contributed by atoms with E-state index in [1.54, 1.807) is 0 Å². The third-order valence-corrected chi connectivity index (χ3v) is 2.50. The molecule has 5 heteroatoms. The second kappa shape index (κ2) is 3.64. The SMILES string of the molecule is N=Nn1nnc2c1CCCCCC2. The molecule has 2 rings (SSSR count). The van der Waals surface area contributed by atoms with Gasteiger partial charge in [-0.2, -0.15) is 5.53 Å². The van der Waals surface area contributed by atoms with Gasteiger partial charge < -0.3 is 0 Å². The summed E-state index contributed by atoms with van der Waals surface area (Å²) in [5, 5.41) is 11.1. The molecule has 0 atom stereocenters. The van der Waals surface area contributed by atoms with E-state index in [0.29, 0.717) is 0 Å². The standard InChI is InChI=1S/C8H13N5/c9-11-13-8-6-4-2-1-3-5-7(8)10-12-13/h9H,1-6H2. The van der Waals surface area contributed by atoms with Crippen molar-refractivity contribution in [2.75, 3.05) is 0 Å². The van der Waals surface area contributed by atoms with Crippen molar-refractivity contribution in [2.24, 2.45) is 5.22 Å². The van der Waals surface area contributed by atoms with Crippen LogP contribution in [0.15, 0.2) is 5.22 Å². The van der Waals surface area contributed by atoms with Gasteiger partial charge in [0.1, 0.15) is 0 Å². The molecule has 0 aliphatic heterocycles. The third kappa shape index (κ3) is 1.59. The van der Waals surface area contributed by atoms with Crippen LogP contribution in [0.2, 0.25) is 0 Å². The topological polar surface area (TPSA) is 66.9 Å². The molecule has 0 spiro atoms. The fourth-order valence-electron chi connectivity index (χ4n) is 1.78. The molecule has 13 heavy (non-hydrogen) atoms. The van der Waals surface area contributed by atoms with Crippen molar-refractivity contribution in [3.8, 4) is 0 Å². The lowest BCUT2D eigenvalue weighted by atomic mass is 10.0. The zero-order valence-electron chi connectivity index (χ0n) is 7.53. The Kier molecular flexibility index (Phi) is 2.33. The van der Waals surface area contributed by atoms with Crippen molar-refractivity contribution in [1.29, 1.82) is 5.53 Å². The number of hydrogen-bond donors (Lipinski definition) is 1. The van der Waals surface area contributed by atoms with Crippen LogP contribution in [0.3, 0.4) is 0 Å². The molecular formula is C8H13N5. The van der Waals surface area contributed by atoms with Crippen molar-refractivity contribution in [3.05, 3.63) is 11.4 Å². The van der Waals surface area contributed by atoms with E-state index in [0.717, 1.165) is 30.7 Å². The average molecular weight is 179 g/mol. The molecule has 0 bridgehead atoms. The molecule has 1 aromatic rings. The molecule has 1 N–H and O–H groups in total. The van der Waals surface area contributed by atoms with Crippen LogP contribution in [0.25, 0.3) is 0 Å². The number of fused-ring (bicyclic) bond motifs is 1. The van der Waals surface area contributed by atoms with Crippen molar-refractivity contribution in [1.82, 2.24) is 15.1 Å². The quantitative estimate of drug-likeness (QED) is 0.667. The summed E-state index contributed by atoms with van der Waals surface area (Å²) < 4.78 is 0. The fourth-order valence-corrected chi connectivity index (χ4v) is 1.78. The Labute approximate surface area is 76.6 Å². The lowest BCUT2D eigenvalue weighted by Gasteiger charge is -2.07. The molecule has 0 saturated carbocycles. The van der Waals surface area contributed by atoms with Gasteiger partial charge in [-0.1, -0.05) is 18.1 Å². The molecule has 1 heterocycles. The van der Waals surface area contributed by atoms with Gasteiger partial charge in [0.2, 0.25) is 0 Å². The highest BCUT2D eigenvalue weighted by Crippen LogP contribution is 2.17. The smallest absolute Gasteiger partial charge is 0.0899 e. The first-order chi connectivity index (χ1) is 6.42. The van der Waals surface area contributed by atoms with E-state index in [-0.39, 0.29) is 0 Å². The van der Waals surface area contributed by atoms with Gasteiger partial charge in [0.15, 0.2) is 0 Å². The molecule has 70 valence electrons. The maximum Gasteiger partial charge on any atom is 0.0899 e. The Balaban J connectivity index is 2.30. The minimum absolute atomic E-state index is 0.963. The van der Waals surface area contributed by atoms with Crippen LogP contribution in [-0.2, 0) is 12.8 Å². The Hall–Kier alpha value is -1.26. The minimum atomic E-state index is 0.963. The predicted octanol–water partition coefficient (Wildman–Crippen LogP) is 1.73. The van der Waals surface area contributed by atoms with E-state index < -0.39 is 0 Å². The third-order valence-electron chi connectivity index (χ3n) is 2.50. The molecule has 5 nitrogen and oxygen atoms in total. The number of rotatable bonds is 1. The predicted molar refractivity (Wildman–Crippen MR) is 46.4 cm³/mol. The first kappa shape index (κ1) is 8.34. The largest absolute Gasteiger partial charge is 0.184 e. The number of nitrogens with one attached hydrogen (secondary N) is 1. The van der Waals surface area contributed by atoms with Gasteiger partial charge in [0, 0.05) is 0 Å². The van der Waals surface area contributed by atoms with Gasteiger partial charge >= 0.3 is 0 Å². The average Bonchev–Trinajstić information content (AvgIpc) is 2.46. The number of aromatic nitrogens is 3. The van der Waals surface area contributed by atoms with Crippen molar-refractivity contribution in [2.45, 2.75) is 38.5 Å². The summed E-state index contributed by atoms with van der Waals surface area (Å²) in [6, 6.07) is 0. The fraction of sp³-hybridized carbons (Fsp3) is 0.750. The lowest BCUT2D eigenvalue weighted by Crippen LogP contribution is -2.02. The summed E-state index contributed by atoms with van der Waals surface area (Å²) in [6.07, 6.45) is 6.85. The van der Waals surface area contributed by atoms with E-state index in [1.807, 2.05) is 0 Å². The Morgan fingerprint density at radius 2 is 1.92 bits per heavy atom. The molecule has 0 aromatic carbocycles. The Bertz CT molecular complexity index is 303. The second-order valence-electron chi connectivity index (χ2n) is 3.39. The highest BCUT2D eigenvalue weighted by atomic mass is 15.6. The first-order valence-corrected chi connectivity index (χ1v) is 4.73. The molecule has 0 radical (unpaired) electrons. The summed E-state index contributed by atoms with van der Waals surface area (Å²) in [4.78, 5) is 1.35. The molecule has 0 unspecified atom stereocenters. The van der Waals surface area contributed by atoms with Gasteiger partial charge in [-0.3, -0.25) is 0 Å². The number of nitrogens with zero attached hydrogens (tertiary/aromatic N) is 4. The summed E-state index contributed by atoms with van der Waals surface area (Å²) in [5.41, 5.74) is 8.99. The minimum Gasteiger partial charge on any atom is -0.184 e. The van der Waals surface area contributed by atoms with Crippen molar-refractivity contribution < 1.29 is 0 Å². The molecule has 1 aliphatic rings. The second-order valence-corrected chi connectivity index (χ2v) is 3.39. The number of hydrogen-bond acceptors (Lipinski definition) is 4. The van der Waals surface area contributed by atoms with Gasteiger partial charge in [-0.15, -0.1) is 9.89 Å². The van der Waals surface area contributed by atoms with Crippen LogP contribution in [0, 0.1) is 5.53 Å². The normalized spacial score (nSPS) is 17.2. The van der Waals surface area contributed by atoms with Crippen LogP contribution in [0.4, 0.5) is 0 Å². The summed E-state index contributed by atoms with van der Waals surface area (Å²) in [5.74, 6) is 0. The van der Waals surface area contributed by atoms with Crippen LogP contribution in [0.5, 0.6) is 0 Å². The van der Waals surface area contributed by atoms with E-state index >= 15 is 0 Å². The van der Waals surface area contributed by atoms with Gasteiger partial charge in [-0.25, -0.2) is 0 Å². The van der Waals surface area contributed by atoms with E-state index in [9.17, 15) is 0 Å². The van der Waals surface area contributed by atoms with Crippen molar-refractivity contribution in [3.63, 3.8) is 0 Å². The number of aryl methyl sites for hydroxylation is 1. The molecule has 0 saturated heterocycles. The highest BCUT2D eigenvalue weighted by molar-refractivity contribution is 5.11. The Morgan fingerprint density at radius 1 is 1.15 bits per heavy atom. The molecule has 0 amide bonds. The van der Waals surface area contributed by atoms with Crippen LogP contribution in [-0.4, -0.2) is 15.1 Å². The van der Waals surface area contributed by atoms with Crippen LogP contribution < -0.4 is 0 Å². The highest BCUT2D eigenvalue weighted by Gasteiger charge is 2.13. The Morgan fingerprint density at radius 3 is 2.69 bits per heavy atom.